The van der Waals surface area contributed by atoms with Gasteiger partial charge in [-0.3, -0.25) is 9.78 Å². The zero-order valence-corrected chi connectivity index (χ0v) is 13.8. The lowest BCUT2D eigenvalue weighted by atomic mass is 10.1. The third-order valence-electron chi connectivity index (χ3n) is 3.71. The summed E-state index contributed by atoms with van der Waals surface area (Å²) >= 11 is 0. The number of primary amides is 1. The number of amides is 1. The molecule has 1 amide bonds. The van der Waals surface area contributed by atoms with Crippen LogP contribution in [0.3, 0.4) is 0 Å². The molecule has 0 bridgehead atoms. The molecule has 0 atom stereocenters. The number of nitrogens with one attached hydrogen (secondary N) is 1. The van der Waals surface area contributed by atoms with Crippen LogP contribution in [0.15, 0.2) is 30.6 Å². The molecule has 5 nitrogen and oxygen atoms in total. The van der Waals surface area contributed by atoms with Gasteiger partial charge in [0.05, 0.1) is 5.56 Å². The normalized spacial score (nSPS) is 10.5. The molecule has 0 fully saturated rings. The van der Waals surface area contributed by atoms with E-state index in [4.69, 9.17) is 5.73 Å². The Morgan fingerprint density at radius 1 is 1.17 bits per heavy atom. The molecule has 0 aliphatic carbocycles. The van der Waals surface area contributed by atoms with E-state index in [0.717, 1.165) is 29.8 Å². The molecule has 5 heteroatoms. The number of hydrogen-bond donors (Lipinski definition) is 2. The predicted octanol–water partition coefficient (Wildman–Crippen LogP) is 3.54. The lowest BCUT2D eigenvalue weighted by Gasteiger charge is -2.11. The molecular weight excluding hydrogens is 288 g/mol. The van der Waals surface area contributed by atoms with Crippen LogP contribution in [-0.4, -0.2) is 22.4 Å². The van der Waals surface area contributed by atoms with Crippen LogP contribution in [-0.2, 0) is 0 Å². The molecule has 2 aromatic rings. The van der Waals surface area contributed by atoms with Crippen LogP contribution >= 0.6 is 0 Å². The fourth-order valence-electron chi connectivity index (χ4n) is 2.44. The highest BCUT2D eigenvalue weighted by molar-refractivity contribution is 5.98. The molecule has 0 saturated heterocycles. The molecule has 0 aliphatic heterocycles. The number of nitrogens with zero attached hydrogens (tertiary/aromatic N) is 2. The van der Waals surface area contributed by atoms with Gasteiger partial charge in [-0.2, -0.15) is 0 Å². The minimum Gasteiger partial charge on any atom is -0.369 e. The van der Waals surface area contributed by atoms with Crippen LogP contribution < -0.4 is 11.1 Å². The van der Waals surface area contributed by atoms with Gasteiger partial charge >= 0.3 is 0 Å². The van der Waals surface area contributed by atoms with E-state index in [1.807, 2.05) is 19.1 Å². The summed E-state index contributed by atoms with van der Waals surface area (Å²) in [6, 6.07) is 5.64. The summed E-state index contributed by atoms with van der Waals surface area (Å²) < 4.78 is 0. The van der Waals surface area contributed by atoms with E-state index in [1.165, 1.54) is 19.3 Å². The Balaban J connectivity index is 2.16. The van der Waals surface area contributed by atoms with E-state index < -0.39 is 5.91 Å². The van der Waals surface area contributed by atoms with E-state index in [0.29, 0.717) is 11.4 Å². The molecule has 0 aliphatic rings. The molecule has 0 spiro atoms. The molecule has 2 aromatic heterocycles. The number of nitrogens with two attached hydrogens (primary N) is 1. The van der Waals surface area contributed by atoms with Gasteiger partial charge in [0.2, 0.25) is 0 Å². The molecule has 2 heterocycles. The van der Waals surface area contributed by atoms with Gasteiger partial charge in [-0.1, -0.05) is 26.2 Å². The summed E-state index contributed by atoms with van der Waals surface area (Å²) in [7, 11) is 0. The lowest BCUT2D eigenvalue weighted by molar-refractivity contribution is 0.100. The summed E-state index contributed by atoms with van der Waals surface area (Å²) in [6.45, 7) is 4.90. The van der Waals surface area contributed by atoms with Crippen molar-refractivity contribution in [3.63, 3.8) is 0 Å². The van der Waals surface area contributed by atoms with Crippen LogP contribution in [0.2, 0.25) is 0 Å². The van der Waals surface area contributed by atoms with Crippen molar-refractivity contribution in [2.45, 2.75) is 39.5 Å². The maximum atomic E-state index is 11.7. The number of aromatic nitrogens is 2. The average molecular weight is 312 g/mol. The van der Waals surface area contributed by atoms with Gasteiger partial charge in [0.25, 0.3) is 5.91 Å². The SMILES string of the molecule is CCCCCCNc1ncc(-c2ccnc(C)c2)cc1C(N)=O. The third-order valence-corrected chi connectivity index (χ3v) is 3.71. The van der Waals surface area contributed by atoms with Gasteiger partial charge < -0.3 is 11.1 Å². The Labute approximate surface area is 137 Å². The summed E-state index contributed by atoms with van der Waals surface area (Å²) in [5.74, 6) is 0.0877. The van der Waals surface area contributed by atoms with Gasteiger partial charge in [-0.25, -0.2) is 4.98 Å². The first-order chi connectivity index (χ1) is 11.1. The van der Waals surface area contributed by atoms with Crippen molar-refractivity contribution in [2.75, 3.05) is 11.9 Å². The van der Waals surface area contributed by atoms with Gasteiger partial charge in [-0.15, -0.1) is 0 Å². The van der Waals surface area contributed by atoms with Crippen LogP contribution in [0, 0.1) is 6.92 Å². The predicted molar refractivity (Wildman–Crippen MR) is 93.4 cm³/mol. The summed E-state index contributed by atoms with van der Waals surface area (Å²) in [4.78, 5) is 20.3. The van der Waals surface area contributed by atoms with Crippen LogP contribution in [0.1, 0.15) is 48.7 Å². The number of carbonyl (C=O) groups excluding carboxylic acids is 1. The van der Waals surface area contributed by atoms with E-state index in [1.54, 1.807) is 18.5 Å². The Morgan fingerprint density at radius 2 is 2.00 bits per heavy atom. The average Bonchev–Trinajstić information content (AvgIpc) is 2.54. The molecule has 122 valence electrons. The number of aryl methyl sites for hydroxylation is 1. The second-order valence-electron chi connectivity index (χ2n) is 5.66. The van der Waals surface area contributed by atoms with Crippen molar-refractivity contribution in [3.05, 3.63) is 41.9 Å². The number of rotatable bonds is 8. The quantitative estimate of drug-likeness (QED) is 0.730. The number of hydrogen-bond acceptors (Lipinski definition) is 4. The number of unbranched alkanes of at least 4 members (excludes halogenated alkanes) is 3. The maximum absolute atomic E-state index is 11.7. The number of pyridine rings is 2. The largest absolute Gasteiger partial charge is 0.369 e. The lowest BCUT2D eigenvalue weighted by Crippen LogP contribution is -2.16. The second-order valence-corrected chi connectivity index (χ2v) is 5.66. The van der Waals surface area contributed by atoms with Crippen LogP contribution in [0.4, 0.5) is 5.82 Å². The van der Waals surface area contributed by atoms with Crippen LogP contribution in [0.25, 0.3) is 11.1 Å². The first-order valence-electron chi connectivity index (χ1n) is 8.08. The molecule has 0 unspecified atom stereocenters. The van der Waals surface area contributed by atoms with Gasteiger partial charge in [0, 0.05) is 30.2 Å². The summed E-state index contributed by atoms with van der Waals surface area (Å²) in [5.41, 5.74) is 8.69. The van der Waals surface area contributed by atoms with Gasteiger partial charge in [0.1, 0.15) is 5.82 Å². The minimum absolute atomic E-state index is 0.424. The monoisotopic (exact) mass is 312 g/mol. The van der Waals surface area contributed by atoms with Crippen molar-refractivity contribution in [1.29, 1.82) is 0 Å². The Kier molecular flexibility index (Phi) is 6.09. The summed E-state index contributed by atoms with van der Waals surface area (Å²) in [5, 5.41) is 3.22. The van der Waals surface area contributed by atoms with Crippen LogP contribution in [0.5, 0.6) is 0 Å². The molecule has 0 radical (unpaired) electrons. The fourth-order valence-corrected chi connectivity index (χ4v) is 2.44. The zero-order valence-electron chi connectivity index (χ0n) is 13.8. The molecule has 2 rings (SSSR count). The second kappa shape index (κ2) is 8.27. The molecule has 0 aromatic carbocycles. The fraction of sp³-hybridized carbons (Fsp3) is 0.389. The molecule has 3 N–H and O–H groups in total. The smallest absolute Gasteiger partial charge is 0.252 e. The van der Waals surface area contributed by atoms with E-state index in [-0.39, 0.29) is 0 Å². The van der Waals surface area contributed by atoms with E-state index in [9.17, 15) is 4.79 Å². The standard InChI is InChI=1S/C18H24N4O/c1-3-4-5-6-8-21-18-16(17(19)23)11-15(12-22-18)14-7-9-20-13(2)10-14/h7,9-12H,3-6,8H2,1-2H3,(H2,19,23)(H,21,22). The van der Waals surface area contributed by atoms with Crippen molar-refractivity contribution in [1.82, 2.24) is 9.97 Å². The maximum Gasteiger partial charge on any atom is 0.252 e. The highest BCUT2D eigenvalue weighted by atomic mass is 16.1. The van der Waals surface area contributed by atoms with Crippen molar-refractivity contribution in [2.24, 2.45) is 5.73 Å². The molecule has 23 heavy (non-hydrogen) atoms. The van der Waals surface area contributed by atoms with Gasteiger partial charge in [0.15, 0.2) is 0 Å². The Hall–Kier alpha value is -2.43. The van der Waals surface area contributed by atoms with Gasteiger partial charge in [-0.05, 0) is 37.1 Å². The first-order valence-corrected chi connectivity index (χ1v) is 8.08. The van der Waals surface area contributed by atoms with Crippen molar-refractivity contribution in [3.8, 4) is 11.1 Å². The Morgan fingerprint density at radius 3 is 2.70 bits per heavy atom. The minimum atomic E-state index is -0.471. The third kappa shape index (κ3) is 4.77. The summed E-state index contributed by atoms with van der Waals surface area (Å²) in [6.07, 6.45) is 8.15. The van der Waals surface area contributed by atoms with Crippen molar-refractivity contribution >= 4 is 11.7 Å². The van der Waals surface area contributed by atoms with E-state index in [2.05, 4.69) is 22.2 Å². The molecular formula is C18H24N4O. The number of anilines is 1. The first kappa shape index (κ1) is 16.9. The van der Waals surface area contributed by atoms with Crippen molar-refractivity contribution < 1.29 is 4.79 Å². The topological polar surface area (TPSA) is 80.9 Å². The Bertz CT molecular complexity index is 670. The highest BCUT2D eigenvalue weighted by Gasteiger charge is 2.11. The van der Waals surface area contributed by atoms with E-state index >= 15 is 0 Å². The highest BCUT2D eigenvalue weighted by Crippen LogP contribution is 2.23. The zero-order chi connectivity index (χ0) is 16.7. The number of carbonyl (C=O) groups is 1. The molecule has 0 saturated carbocycles.